The minimum absolute atomic E-state index is 0.0649. The van der Waals surface area contributed by atoms with E-state index in [1.165, 1.54) is 47.9 Å². The second-order valence-electron chi connectivity index (χ2n) is 12.3. The van der Waals surface area contributed by atoms with Crippen molar-refractivity contribution < 1.29 is 38.6 Å². The number of ketones is 1. The summed E-state index contributed by atoms with van der Waals surface area (Å²) < 4.78 is 17.4. The lowest BCUT2D eigenvalue weighted by Gasteiger charge is -2.48. The van der Waals surface area contributed by atoms with Crippen LogP contribution in [0.15, 0.2) is 89.1 Å². The van der Waals surface area contributed by atoms with Gasteiger partial charge in [0.15, 0.2) is 5.76 Å². The van der Waals surface area contributed by atoms with E-state index in [1.54, 1.807) is 76.4 Å². The molecule has 0 aromatic heterocycles. The Morgan fingerprint density at radius 3 is 2.14 bits per heavy atom. The predicted molar refractivity (Wildman–Crippen MR) is 196 cm³/mol. The summed E-state index contributed by atoms with van der Waals surface area (Å²) in [6, 6.07) is 19.0. The maximum atomic E-state index is 14.1. The standard InChI is InChI=1S/C36H38N2O9S3/c1-7-49-33-28(21(2)39)32(41)37(33)29(35(48)46-20-22-8-12-24(13-9-22)38(43)44)30(31(40)36(3,4)5)47-26-14-10-23(11-15-26)34(42)50-27-18-16-25(45-6)17-19-27/h8-19,21,28,33,39H,7,20H2,1-6H3/t21-,28+,33-/m1/s1. The number of carbonyl (C=O) groups is 3. The highest BCUT2D eigenvalue weighted by Crippen LogP contribution is 2.42. The summed E-state index contributed by atoms with van der Waals surface area (Å²) >= 11 is 8.19. The normalized spacial score (nSPS) is 16.9. The molecule has 11 nitrogen and oxygen atoms in total. The Morgan fingerprint density at radius 2 is 1.62 bits per heavy atom. The van der Waals surface area contributed by atoms with Crippen LogP contribution < -0.4 is 9.47 Å². The Hall–Kier alpha value is -4.24. The number of rotatable bonds is 14. The number of nitro groups is 1. The number of aliphatic hydroxyl groups is 1. The number of hydrogen-bond donors (Lipinski definition) is 1. The Bertz CT molecular complexity index is 1770. The average Bonchev–Trinajstić information content (AvgIpc) is 3.08. The number of nitrogens with zero attached hydrogens (tertiary/aromatic N) is 2. The number of ether oxygens (including phenoxy) is 3. The first kappa shape index (κ1) is 38.6. The first-order chi connectivity index (χ1) is 23.7. The number of likely N-dealkylation sites (tertiary alicyclic amines) is 1. The van der Waals surface area contributed by atoms with Crippen molar-refractivity contribution >= 4 is 63.3 Å². The number of benzene rings is 3. The maximum Gasteiger partial charge on any atom is 0.269 e. The molecule has 3 aromatic carbocycles. The van der Waals surface area contributed by atoms with Gasteiger partial charge in [-0.3, -0.25) is 29.4 Å². The molecule has 264 valence electrons. The van der Waals surface area contributed by atoms with E-state index in [4.69, 9.17) is 26.4 Å². The van der Waals surface area contributed by atoms with Gasteiger partial charge in [-0.2, -0.15) is 0 Å². The third kappa shape index (κ3) is 9.10. The number of β-lactam (4-membered cyclic amide) rings is 1. The Morgan fingerprint density at radius 1 is 1.02 bits per heavy atom. The summed E-state index contributed by atoms with van der Waals surface area (Å²) in [5, 5.41) is 20.6. The number of thiocarbonyl (C=S) groups is 1. The van der Waals surface area contributed by atoms with Crippen LogP contribution in [0.3, 0.4) is 0 Å². The van der Waals surface area contributed by atoms with E-state index in [2.05, 4.69) is 0 Å². The van der Waals surface area contributed by atoms with Crippen LogP contribution in [0.25, 0.3) is 0 Å². The lowest BCUT2D eigenvalue weighted by molar-refractivity contribution is -0.384. The summed E-state index contributed by atoms with van der Waals surface area (Å²) in [5.74, 6) is -0.454. The first-order valence-corrected chi connectivity index (χ1v) is 17.9. The molecule has 1 amide bonds. The smallest absolute Gasteiger partial charge is 0.269 e. The zero-order chi connectivity index (χ0) is 36.7. The van der Waals surface area contributed by atoms with E-state index in [1.807, 2.05) is 6.92 Å². The summed E-state index contributed by atoms with van der Waals surface area (Å²) in [6.07, 6.45) is -0.970. The van der Waals surface area contributed by atoms with Crippen molar-refractivity contribution in [1.29, 1.82) is 0 Å². The van der Waals surface area contributed by atoms with Crippen molar-refractivity contribution in [3.8, 4) is 11.5 Å². The summed E-state index contributed by atoms with van der Waals surface area (Å²) in [4.78, 5) is 53.5. The fourth-order valence-electron chi connectivity index (χ4n) is 4.88. The van der Waals surface area contributed by atoms with Gasteiger partial charge in [-0.15, -0.1) is 11.8 Å². The van der Waals surface area contributed by atoms with Crippen LogP contribution in [-0.4, -0.2) is 61.1 Å². The lowest BCUT2D eigenvalue weighted by Crippen LogP contribution is -2.63. The van der Waals surface area contributed by atoms with Crippen LogP contribution in [0.4, 0.5) is 5.69 Å². The molecule has 14 heteroatoms. The van der Waals surface area contributed by atoms with Crippen molar-refractivity contribution in [2.75, 3.05) is 12.9 Å². The molecule has 4 rings (SSSR count). The van der Waals surface area contributed by atoms with E-state index >= 15 is 0 Å². The van der Waals surface area contributed by atoms with Crippen LogP contribution in [0.5, 0.6) is 11.5 Å². The van der Waals surface area contributed by atoms with Crippen LogP contribution in [-0.2, 0) is 20.9 Å². The molecule has 1 N–H and O–H groups in total. The van der Waals surface area contributed by atoms with Gasteiger partial charge in [0.1, 0.15) is 23.8 Å². The number of thioether (sulfide) groups is 2. The fourth-order valence-corrected chi connectivity index (χ4v) is 7.12. The van der Waals surface area contributed by atoms with Gasteiger partial charge < -0.3 is 19.3 Å². The van der Waals surface area contributed by atoms with Crippen LogP contribution in [0, 0.1) is 21.4 Å². The molecule has 3 aromatic rings. The molecule has 0 radical (unpaired) electrons. The van der Waals surface area contributed by atoms with Gasteiger partial charge in [-0.25, -0.2) is 0 Å². The molecule has 1 fully saturated rings. The van der Waals surface area contributed by atoms with Gasteiger partial charge in [0.25, 0.3) is 5.69 Å². The second-order valence-corrected chi connectivity index (χ2v) is 15.1. The van der Waals surface area contributed by atoms with Crippen molar-refractivity contribution in [3.63, 3.8) is 0 Å². The van der Waals surface area contributed by atoms with Gasteiger partial charge >= 0.3 is 0 Å². The quantitative estimate of drug-likeness (QED) is 0.0339. The number of methoxy groups -OCH3 is 1. The van der Waals surface area contributed by atoms with Gasteiger partial charge in [0, 0.05) is 28.0 Å². The largest absolute Gasteiger partial charge is 0.497 e. The number of Topliss-reactive ketones (excluding diaryl/α,β-unsaturated/α-hetero) is 1. The molecule has 1 saturated heterocycles. The Balaban J connectivity index is 1.72. The minimum Gasteiger partial charge on any atom is -0.497 e. The Kier molecular flexibility index (Phi) is 12.8. The molecule has 0 unspecified atom stereocenters. The van der Waals surface area contributed by atoms with Crippen molar-refractivity contribution in [2.45, 2.75) is 57.6 Å². The summed E-state index contributed by atoms with van der Waals surface area (Å²) in [5.41, 5.74) is -0.198. The second kappa shape index (κ2) is 16.6. The molecular formula is C36H38N2O9S3. The number of hydrogen-bond acceptors (Lipinski definition) is 12. The molecule has 0 aliphatic carbocycles. The highest BCUT2D eigenvalue weighted by molar-refractivity contribution is 8.14. The monoisotopic (exact) mass is 738 g/mol. The molecule has 1 aliphatic rings. The molecule has 3 atom stereocenters. The molecule has 1 aliphatic heterocycles. The highest BCUT2D eigenvalue weighted by Gasteiger charge is 2.54. The fraction of sp³-hybridized carbons (Fsp3) is 0.333. The number of nitro benzene ring substituents is 1. The SMILES string of the molecule is CCS[C@@H]1[C@@H]([C@@H](C)O)C(=O)N1C(C(=S)OCc1ccc([N+](=O)[O-])cc1)=C(Oc1ccc(C(=O)Sc2ccc(OC)cc2)cc1)C(=O)C(C)(C)C. The van der Waals surface area contributed by atoms with Crippen LogP contribution >= 0.6 is 35.7 Å². The molecule has 0 saturated carbocycles. The number of allylic oxidation sites excluding steroid dienone is 1. The average molecular weight is 739 g/mol. The number of carbonyl (C=O) groups excluding carboxylic acids is 3. The zero-order valence-electron chi connectivity index (χ0n) is 28.4. The lowest BCUT2D eigenvalue weighted by atomic mass is 9.87. The van der Waals surface area contributed by atoms with Gasteiger partial charge in [0.05, 0.1) is 29.4 Å². The zero-order valence-corrected chi connectivity index (χ0v) is 30.9. The topological polar surface area (TPSA) is 146 Å². The highest BCUT2D eigenvalue weighted by atomic mass is 32.2. The molecule has 0 spiro atoms. The van der Waals surface area contributed by atoms with E-state index in [0.29, 0.717) is 22.6 Å². The number of non-ortho nitro benzene ring substituents is 1. The summed E-state index contributed by atoms with van der Waals surface area (Å²) in [6.45, 7) is 8.42. The third-order valence-electron chi connectivity index (χ3n) is 7.58. The minimum atomic E-state index is -0.996. The van der Waals surface area contributed by atoms with E-state index < -0.39 is 39.4 Å². The molecular weight excluding hydrogens is 701 g/mol. The predicted octanol–water partition coefficient (Wildman–Crippen LogP) is 7.20. The first-order valence-electron chi connectivity index (χ1n) is 15.6. The molecule has 50 heavy (non-hydrogen) atoms. The van der Waals surface area contributed by atoms with E-state index in [9.17, 15) is 29.6 Å². The van der Waals surface area contributed by atoms with Gasteiger partial charge in [-0.1, -0.05) is 27.7 Å². The van der Waals surface area contributed by atoms with Crippen LogP contribution in [0.2, 0.25) is 0 Å². The van der Waals surface area contributed by atoms with E-state index in [0.717, 1.165) is 16.7 Å². The van der Waals surface area contributed by atoms with Gasteiger partial charge in [0.2, 0.25) is 21.9 Å². The van der Waals surface area contributed by atoms with Crippen molar-refractivity contribution in [1.82, 2.24) is 4.90 Å². The van der Waals surface area contributed by atoms with Gasteiger partial charge in [-0.05, 0) is 103 Å². The van der Waals surface area contributed by atoms with Crippen LogP contribution in [0.1, 0.15) is 50.5 Å². The molecule has 0 bridgehead atoms. The molecule has 1 heterocycles. The van der Waals surface area contributed by atoms with E-state index in [-0.39, 0.29) is 39.7 Å². The summed E-state index contributed by atoms with van der Waals surface area (Å²) in [7, 11) is 1.56. The Labute approximate surface area is 304 Å². The van der Waals surface area contributed by atoms with Crippen molar-refractivity contribution in [3.05, 3.63) is 105 Å². The number of amides is 1. The van der Waals surface area contributed by atoms with Crippen molar-refractivity contribution in [2.24, 2.45) is 11.3 Å². The number of aliphatic hydroxyl groups excluding tert-OH is 1. The third-order valence-corrected chi connectivity index (χ3v) is 9.99. The maximum absolute atomic E-state index is 14.1.